The van der Waals surface area contributed by atoms with E-state index in [-0.39, 0.29) is 11.1 Å². The number of hydrogen-bond donors (Lipinski definition) is 1. The summed E-state index contributed by atoms with van der Waals surface area (Å²) in [6, 6.07) is 47.8. The minimum atomic E-state index is -3.21. The standard InChI is InChI=1S/C40H27F2N3OP/c41-40(42)35-23-21-29(39-44-37(27-13-5-1-6-14-27)43-38(45-39)28-15-7-2-8-16-28)25-33(35)34-26-32(22-24-36(34)40)47(46,30-17-9-3-10-18-30)31-19-11-4-12-20-31/h1-26,46H/q+1. The van der Waals surface area contributed by atoms with Gasteiger partial charge in [0.1, 0.15) is 15.9 Å². The maximum Gasteiger partial charge on any atom is 0.299 e. The molecule has 8 rings (SSSR count). The Morgan fingerprint density at radius 3 is 1.32 bits per heavy atom. The first-order valence-electron chi connectivity index (χ1n) is 15.2. The van der Waals surface area contributed by atoms with Crippen molar-refractivity contribution in [1.82, 2.24) is 15.0 Å². The van der Waals surface area contributed by atoms with Gasteiger partial charge < -0.3 is 0 Å². The van der Waals surface area contributed by atoms with Gasteiger partial charge in [0.2, 0.25) is 7.49 Å². The molecule has 1 heterocycles. The summed E-state index contributed by atoms with van der Waals surface area (Å²) in [4.78, 5) is 26.9. The van der Waals surface area contributed by atoms with Crippen LogP contribution in [0.4, 0.5) is 8.78 Å². The summed E-state index contributed by atoms with van der Waals surface area (Å²) in [7, 11) is -3.14. The maximum atomic E-state index is 16.0. The van der Waals surface area contributed by atoms with Gasteiger partial charge in [0.25, 0.3) is 5.92 Å². The van der Waals surface area contributed by atoms with Gasteiger partial charge in [0, 0.05) is 27.8 Å². The Kier molecular flexibility index (Phi) is 7.06. The van der Waals surface area contributed by atoms with E-state index in [0.717, 1.165) is 21.7 Å². The highest BCUT2D eigenvalue weighted by Gasteiger charge is 2.49. The van der Waals surface area contributed by atoms with Crippen LogP contribution < -0.4 is 15.9 Å². The van der Waals surface area contributed by atoms with Crippen LogP contribution in [0.15, 0.2) is 158 Å². The van der Waals surface area contributed by atoms with Crippen molar-refractivity contribution in [3.8, 4) is 45.3 Å². The van der Waals surface area contributed by atoms with Gasteiger partial charge in [-0.1, -0.05) is 109 Å². The molecule has 0 saturated heterocycles. The summed E-state index contributed by atoms with van der Waals surface area (Å²) in [5.41, 5.74) is 2.82. The van der Waals surface area contributed by atoms with E-state index in [1.54, 1.807) is 24.3 Å². The smallest absolute Gasteiger partial charge is 0.235 e. The SMILES string of the molecule is O[P+](c1ccccc1)(c1ccccc1)c1ccc2c(c1)-c1cc(-c3nc(-c4ccccc4)nc(-c4ccccc4)n3)ccc1C2(F)F. The second-order valence-electron chi connectivity index (χ2n) is 11.4. The van der Waals surface area contributed by atoms with Crippen LogP contribution in [0.5, 0.6) is 0 Å². The zero-order valence-corrected chi connectivity index (χ0v) is 25.9. The van der Waals surface area contributed by atoms with Gasteiger partial charge in [0.05, 0.1) is 0 Å². The van der Waals surface area contributed by atoms with Crippen molar-refractivity contribution in [2.45, 2.75) is 5.92 Å². The van der Waals surface area contributed by atoms with Crippen molar-refractivity contribution in [3.63, 3.8) is 0 Å². The molecule has 0 aliphatic heterocycles. The summed E-state index contributed by atoms with van der Waals surface area (Å²) in [5, 5.41) is 2.09. The predicted molar refractivity (Wildman–Crippen MR) is 185 cm³/mol. The number of alkyl halides is 2. The second-order valence-corrected chi connectivity index (χ2v) is 14.2. The zero-order chi connectivity index (χ0) is 32.0. The zero-order valence-electron chi connectivity index (χ0n) is 25.0. The fourth-order valence-corrected chi connectivity index (χ4v) is 8.94. The van der Waals surface area contributed by atoms with Crippen LogP contribution in [0.2, 0.25) is 0 Å². The second kappa shape index (κ2) is 11.4. The Morgan fingerprint density at radius 1 is 0.426 bits per heavy atom. The number of rotatable bonds is 6. The third-order valence-corrected chi connectivity index (χ3v) is 11.7. The molecule has 1 aliphatic rings. The average molecular weight is 635 g/mol. The van der Waals surface area contributed by atoms with E-state index >= 15 is 8.78 Å². The van der Waals surface area contributed by atoms with Crippen LogP contribution in [0.25, 0.3) is 45.3 Å². The van der Waals surface area contributed by atoms with Crippen molar-refractivity contribution >= 4 is 23.4 Å². The van der Waals surface area contributed by atoms with Gasteiger partial charge in [0.15, 0.2) is 17.5 Å². The molecular formula is C40H27F2N3OP+. The van der Waals surface area contributed by atoms with Crippen molar-refractivity contribution in [2.75, 3.05) is 0 Å². The highest BCUT2D eigenvalue weighted by molar-refractivity contribution is 7.91. The Hall–Kier alpha value is -5.42. The molecule has 226 valence electrons. The molecule has 0 bridgehead atoms. The summed E-state index contributed by atoms with van der Waals surface area (Å²) in [5.74, 6) is -1.85. The first-order valence-corrected chi connectivity index (χ1v) is 17.0. The monoisotopic (exact) mass is 634 g/mol. The molecule has 1 N–H and O–H groups in total. The van der Waals surface area contributed by atoms with Gasteiger partial charge in [-0.3, -0.25) is 0 Å². The molecule has 0 saturated carbocycles. The van der Waals surface area contributed by atoms with E-state index in [1.165, 1.54) is 12.1 Å². The quantitative estimate of drug-likeness (QED) is 0.188. The Balaban J connectivity index is 1.31. The third-order valence-electron chi connectivity index (χ3n) is 8.58. The lowest BCUT2D eigenvalue weighted by molar-refractivity contribution is 0.0480. The molecule has 7 aromatic rings. The number of halogens is 2. The molecule has 0 fully saturated rings. The molecule has 0 unspecified atom stereocenters. The molecule has 6 aromatic carbocycles. The van der Waals surface area contributed by atoms with Crippen LogP contribution in [-0.4, -0.2) is 19.8 Å². The number of nitrogens with zero attached hydrogens (tertiary/aromatic N) is 3. The molecule has 7 heteroatoms. The lowest BCUT2D eigenvalue weighted by atomic mass is 10.0. The van der Waals surface area contributed by atoms with Crippen molar-refractivity contribution in [1.29, 1.82) is 0 Å². The van der Waals surface area contributed by atoms with Crippen molar-refractivity contribution < 1.29 is 13.7 Å². The van der Waals surface area contributed by atoms with Gasteiger partial charge in [-0.15, -0.1) is 0 Å². The van der Waals surface area contributed by atoms with E-state index < -0.39 is 13.4 Å². The minimum absolute atomic E-state index is 0.0877. The molecule has 0 spiro atoms. The van der Waals surface area contributed by atoms with Gasteiger partial charge in [-0.25, -0.2) is 19.8 Å². The van der Waals surface area contributed by atoms with Crippen LogP contribution in [0, 0.1) is 0 Å². The Bertz CT molecular complexity index is 2140. The molecule has 4 nitrogen and oxygen atoms in total. The van der Waals surface area contributed by atoms with Crippen LogP contribution in [0.1, 0.15) is 11.1 Å². The number of aromatic nitrogens is 3. The van der Waals surface area contributed by atoms with Crippen LogP contribution in [-0.2, 0) is 5.92 Å². The molecule has 1 aromatic heterocycles. The predicted octanol–water partition coefficient (Wildman–Crippen LogP) is 8.19. The summed E-state index contributed by atoms with van der Waals surface area (Å²) in [6.45, 7) is 0. The maximum absolute atomic E-state index is 16.0. The fourth-order valence-electron chi connectivity index (χ4n) is 6.23. The topological polar surface area (TPSA) is 58.9 Å². The van der Waals surface area contributed by atoms with Crippen molar-refractivity contribution in [3.05, 3.63) is 169 Å². The van der Waals surface area contributed by atoms with E-state index in [2.05, 4.69) is 0 Å². The normalized spacial score (nSPS) is 13.2. The van der Waals surface area contributed by atoms with Crippen molar-refractivity contribution in [2.24, 2.45) is 0 Å². The fraction of sp³-hybridized carbons (Fsp3) is 0.0250. The number of hydrogen-bond acceptors (Lipinski definition) is 4. The molecular weight excluding hydrogens is 607 g/mol. The molecule has 0 amide bonds. The third kappa shape index (κ3) is 4.94. The highest BCUT2D eigenvalue weighted by atomic mass is 31.2. The largest absolute Gasteiger partial charge is 0.299 e. The van der Waals surface area contributed by atoms with Gasteiger partial charge >= 0.3 is 0 Å². The Labute approximate surface area is 271 Å². The molecule has 1 aliphatic carbocycles. The number of fused-ring (bicyclic) bond motifs is 3. The minimum Gasteiger partial charge on any atom is -0.235 e. The molecule has 47 heavy (non-hydrogen) atoms. The summed E-state index contributed by atoms with van der Waals surface area (Å²) in [6.07, 6.45) is 0. The lowest BCUT2D eigenvalue weighted by Crippen LogP contribution is -2.31. The average Bonchev–Trinajstić information content (AvgIpc) is 3.37. The van der Waals surface area contributed by atoms with E-state index in [1.807, 2.05) is 121 Å². The van der Waals surface area contributed by atoms with Crippen LogP contribution in [0.3, 0.4) is 0 Å². The van der Waals surface area contributed by atoms with E-state index in [4.69, 9.17) is 15.0 Å². The molecule has 0 radical (unpaired) electrons. The van der Waals surface area contributed by atoms with E-state index in [9.17, 15) is 4.89 Å². The Morgan fingerprint density at radius 2 is 0.830 bits per heavy atom. The number of benzene rings is 6. The van der Waals surface area contributed by atoms with Gasteiger partial charge in [-0.05, 0) is 59.7 Å². The first-order chi connectivity index (χ1) is 22.9. The molecule has 0 atom stereocenters. The van der Waals surface area contributed by atoms with Crippen LogP contribution >= 0.6 is 7.49 Å². The summed E-state index contributed by atoms with van der Waals surface area (Å²) >= 11 is 0. The highest BCUT2D eigenvalue weighted by Crippen LogP contribution is 2.55. The van der Waals surface area contributed by atoms with E-state index in [0.29, 0.717) is 39.5 Å². The van der Waals surface area contributed by atoms with Gasteiger partial charge in [-0.2, -0.15) is 8.78 Å². The summed E-state index contributed by atoms with van der Waals surface area (Å²) < 4.78 is 32.0. The lowest BCUT2D eigenvalue weighted by Gasteiger charge is -2.21. The first kappa shape index (κ1) is 29.0.